The fourth-order valence-electron chi connectivity index (χ4n) is 1.44. The number of carbonyl (C=O) groups is 1. The van der Waals surface area contributed by atoms with Crippen molar-refractivity contribution in [1.29, 1.82) is 0 Å². The van der Waals surface area contributed by atoms with E-state index in [0.29, 0.717) is 19.0 Å². The number of nitrogens with zero attached hydrogens (tertiary/aromatic N) is 1. The van der Waals surface area contributed by atoms with Gasteiger partial charge in [-0.25, -0.2) is 0 Å². The van der Waals surface area contributed by atoms with Gasteiger partial charge in [0.05, 0.1) is 12.1 Å². The third-order valence-electron chi connectivity index (χ3n) is 3.38. The Balaban J connectivity index is 4.31. The summed E-state index contributed by atoms with van der Waals surface area (Å²) in [6.07, 6.45) is 0. The van der Waals surface area contributed by atoms with Gasteiger partial charge in [0.15, 0.2) is 0 Å². The Kier molecular flexibility index (Phi) is 6.60. The number of carbonyl (C=O) groups excluding carboxylic acids is 1. The zero-order valence-corrected chi connectivity index (χ0v) is 11.3. The molecule has 4 nitrogen and oxygen atoms in total. The summed E-state index contributed by atoms with van der Waals surface area (Å²) in [5, 5.41) is 3.04. The van der Waals surface area contributed by atoms with Crippen LogP contribution >= 0.6 is 0 Å². The van der Waals surface area contributed by atoms with Gasteiger partial charge in [-0.15, -0.1) is 0 Å². The summed E-state index contributed by atoms with van der Waals surface area (Å²) in [7, 11) is 0. The molecule has 0 aliphatic carbocycles. The third-order valence-corrected chi connectivity index (χ3v) is 3.38. The Morgan fingerprint density at radius 3 is 2.19 bits per heavy atom. The van der Waals surface area contributed by atoms with E-state index in [9.17, 15) is 4.79 Å². The molecule has 0 rings (SSSR count). The van der Waals surface area contributed by atoms with Crippen LogP contribution in [0.15, 0.2) is 0 Å². The van der Waals surface area contributed by atoms with E-state index < -0.39 is 0 Å². The lowest BCUT2D eigenvalue weighted by atomic mass is 9.88. The normalized spacial score (nSPS) is 15.2. The molecule has 96 valence electrons. The van der Waals surface area contributed by atoms with E-state index in [1.54, 1.807) is 0 Å². The SMILES string of the molecule is CCN(CC)CC(=O)NC(C)(CN)C(C)C. The maximum atomic E-state index is 11.8. The number of hydrogen-bond donors (Lipinski definition) is 2. The van der Waals surface area contributed by atoms with Crippen LogP contribution in [0.3, 0.4) is 0 Å². The van der Waals surface area contributed by atoms with E-state index >= 15 is 0 Å². The minimum absolute atomic E-state index is 0.0605. The van der Waals surface area contributed by atoms with Crippen molar-refractivity contribution in [3.05, 3.63) is 0 Å². The molecule has 0 saturated heterocycles. The average Bonchev–Trinajstić information content (AvgIpc) is 2.25. The second-order valence-corrected chi connectivity index (χ2v) is 4.79. The first kappa shape index (κ1) is 15.4. The van der Waals surface area contributed by atoms with Crippen molar-refractivity contribution in [2.45, 2.75) is 40.2 Å². The highest BCUT2D eigenvalue weighted by Crippen LogP contribution is 2.14. The molecule has 1 unspecified atom stereocenters. The predicted octanol–water partition coefficient (Wildman–Crippen LogP) is 0.818. The lowest BCUT2D eigenvalue weighted by Gasteiger charge is -2.34. The number of likely N-dealkylation sites (N-methyl/N-ethyl adjacent to an activating group) is 1. The summed E-state index contributed by atoms with van der Waals surface area (Å²) in [5.74, 6) is 0.392. The molecule has 4 heteroatoms. The number of nitrogens with one attached hydrogen (secondary N) is 1. The number of amides is 1. The Bertz CT molecular complexity index is 214. The molecule has 3 N–H and O–H groups in total. The van der Waals surface area contributed by atoms with Crippen molar-refractivity contribution in [1.82, 2.24) is 10.2 Å². The van der Waals surface area contributed by atoms with Gasteiger partial charge in [0, 0.05) is 6.54 Å². The van der Waals surface area contributed by atoms with Crippen molar-refractivity contribution in [2.75, 3.05) is 26.2 Å². The van der Waals surface area contributed by atoms with Crippen LogP contribution in [0.4, 0.5) is 0 Å². The first-order chi connectivity index (χ1) is 7.39. The van der Waals surface area contributed by atoms with E-state index in [1.165, 1.54) is 0 Å². The molecular weight excluding hydrogens is 202 g/mol. The van der Waals surface area contributed by atoms with Gasteiger partial charge in [0.25, 0.3) is 0 Å². The monoisotopic (exact) mass is 229 g/mol. The van der Waals surface area contributed by atoms with E-state index in [-0.39, 0.29) is 11.4 Å². The van der Waals surface area contributed by atoms with Crippen LogP contribution in [0, 0.1) is 5.92 Å². The van der Waals surface area contributed by atoms with Crippen molar-refractivity contribution < 1.29 is 4.79 Å². The van der Waals surface area contributed by atoms with Gasteiger partial charge in [-0.3, -0.25) is 9.69 Å². The molecule has 1 atom stereocenters. The molecule has 0 aromatic rings. The third kappa shape index (κ3) is 4.49. The highest BCUT2D eigenvalue weighted by atomic mass is 16.2. The number of hydrogen-bond acceptors (Lipinski definition) is 3. The summed E-state index contributed by atoms with van der Waals surface area (Å²) in [4.78, 5) is 13.9. The molecule has 0 saturated carbocycles. The van der Waals surface area contributed by atoms with E-state index in [4.69, 9.17) is 5.73 Å². The Labute approximate surface area is 99.6 Å². The summed E-state index contributed by atoms with van der Waals surface area (Å²) in [6.45, 7) is 13.0. The molecule has 0 aliphatic rings. The second-order valence-electron chi connectivity index (χ2n) is 4.79. The van der Waals surface area contributed by atoms with Crippen molar-refractivity contribution in [3.63, 3.8) is 0 Å². The van der Waals surface area contributed by atoms with E-state index in [2.05, 4.69) is 37.9 Å². The topological polar surface area (TPSA) is 58.4 Å². The van der Waals surface area contributed by atoms with Gasteiger partial charge >= 0.3 is 0 Å². The molecule has 0 aliphatic heterocycles. The van der Waals surface area contributed by atoms with Crippen LogP contribution in [-0.4, -0.2) is 42.5 Å². The summed E-state index contributed by atoms with van der Waals surface area (Å²) < 4.78 is 0. The fraction of sp³-hybridized carbons (Fsp3) is 0.917. The first-order valence-corrected chi connectivity index (χ1v) is 6.13. The molecule has 0 fully saturated rings. The Hall–Kier alpha value is -0.610. The smallest absolute Gasteiger partial charge is 0.234 e. The lowest BCUT2D eigenvalue weighted by Crippen LogP contribution is -2.56. The highest BCUT2D eigenvalue weighted by Gasteiger charge is 2.28. The second kappa shape index (κ2) is 6.86. The Morgan fingerprint density at radius 2 is 1.88 bits per heavy atom. The molecular formula is C12H27N3O. The van der Waals surface area contributed by atoms with Gasteiger partial charge in [-0.05, 0) is 25.9 Å². The van der Waals surface area contributed by atoms with Gasteiger partial charge in [0.2, 0.25) is 5.91 Å². The summed E-state index contributed by atoms with van der Waals surface area (Å²) >= 11 is 0. The lowest BCUT2D eigenvalue weighted by molar-refractivity contribution is -0.124. The summed E-state index contributed by atoms with van der Waals surface area (Å²) in [5.41, 5.74) is 5.42. The van der Waals surface area contributed by atoms with Gasteiger partial charge in [-0.2, -0.15) is 0 Å². The Morgan fingerprint density at radius 1 is 1.38 bits per heavy atom. The zero-order chi connectivity index (χ0) is 12.8. The molecule has 0 spiro atoms. The quantitative estimate of drug-likeness (QED) is 0.679. The molecule has 0 aromatic heterocycles. The van der Waals surface area contributed by atoms with Crippen LogP contribution in [0.2, 0.25) is 0 Å². The van der Waals surface area contributed by atoms with E-state index in [0.717, 1.165) is 13.1 Å². The van der Waals surface area contributed by atoms with Crippen molar-refractivity contribution >= 4 is 5.91 Å². The first-order valence-electron chi connectivity index (χ1n) is 6.13. The van der Waals surface area contributed by atoms with Gasteiger partial charge < -0.3 is 11.1 Å². The maximum Gasteiger partial charge on any atom is 0.234 e. The van der Waals surface area contributed by atoms with Gasteiger partial charge in [-0.1, -0.05) is 27.7 Å². The summed E-state index contributed by atoms with van der Waals surface area (Å²) in [6, 6.07) is 0. The molecule has 1 amide bonds. The van der Waals surface area contributed by atoms with Crippen LogP contribution < -0.4 is 11.1 Å². The molecule has 0 heterocycles. The number of nitrogens with two attached hydrogens (primary N) is 1. The predicted molar refractivity (Wildman–Crippen MR) is 68.2 cm³/mol. The minimum Gasteiger partial charge on any atom is -0.348 e. The zero-order valence-electron chi connectivity index (χ0n) is 11.3. The number of rotatable bonds is 7. The molecule has 0 radical (unpaired) electrons. The molecule has 0 aromatic carbocycles. The van der Waals surface area contributed by atoms with E-state index in [1.807, 2.05) is 6.92 Å². The van der Waals surface area contributed by atoms with Crippen LogP contribution in [0.25, 0.3) is 0 Å². The van der Waals surface area contributed by atoms with Crippen LogP contribution in [0.5, 0.6) is 0 Å². The van der Waals surface area contributed by atoms with Crippen molar-refractivity contribution in [2.24, 2.45) is 11.7 Å². The minimum atomic E-state index is -0.301. The molecule has 0 bridgehead atoms. The van der Waals surface area contributed by atoms with Crippen LogP contribution in [-0.2, 0) is 4.79 Å². The standard InChI is InChI=1S/C12H27N3O/c1-6-15(7-2)8-11(16)14-12(5,9-13)10(3)4/h10H,6-9,13H2,1-5H3,(H,14,16). The highest BCUT2D eigenvalue weighted by molar-refractivity contribution is 5.78. The average molecular weight is 229 g/mol. The van der Waals surface area contributed by atoms with Crippen LogP contribution in [0.1, 0.15) is 34.6 Å². The van der Waals surface area contributed by atoms with Crippen molar-refractivity contribution in [3.8, 4) is 0 Å². The largest absolute Gasteiger partial charge is 0.348 e. The molecule has 16 heavy (non-hydrogen) atoms. The van der Waals surface area contributed by atoms with Gasteiger partial charge in [0.1, 0.15) is 0 Å². The fourth-order valence-corrected chi connectivity index (χ4v) is 1.44. The maximum absolute atomic E-state index is 11.8.